The third kappa shape index (κ3) is 55.5. The summed E-state index contributed by atoms with van der Waals surface area (Å²) in [5.74, 6) is -0.0920. The van der Waals surface area contributed by atoms with Crippen LogP contribution in [0.3, 0.4) is 0 Å². The van der Waals surface area contributed by atoms with Crippen LogP contribution in [0.5, 0.6) is 0 Å². The predicted octanol–water partition coefficient (Wildman–Crippen LogP) is 19.8. The highest BCUT2D eigenvalue weighted by molar-refractivity contribution is 5.76. The predicted molar refractivity (Wildman–Crippen MR) is 312 cm³/mol. The van der Waals surface area contributed by atoms with Crippen LogP contribution in [0.1, 0.15) is 258 Å². The molecule has 0 saturated carbocycles. The lowest BCUT2D eigenvalue weighted by molar-refractivity contribution is -0.123. The maximum absolute atomic E-state index is 12.5. The van der Waals surface area contributed by atoms with E-state index in [1.807, 2.05) is 6.08 Å². The lowest BCUT2D eigenvalue weighted by atomic mass is 10.0. The summed E-state index contributed by atoms with van der Waals surface area (Å²) < 4.78 is 0. The average Bonchev–Trinajstić information content (AvgIpc) is 3.36. The molecule has 0 aromatic heterocycles. The van der Waals surface area contributed by atoms with Gasteiger partial charge in [-0.25, -0.2) is 0 Å². The van der Waals surface area contributed by atoms with Crippen LogP contribution >= 0.6 is 0 Å². The summed E-state index contributed by atoms with van der Waals surface area (Å²) in [5.41, 5.74) is 0. The quantitative estimate of drug-likeness (QED) is 0.0420. The van der Waals surface area contributed by atoms with Crippen molar-refractivity contribution in [3.8, 4) is 0 Å². The van der Waals surface area contributed by atoms with E-state index in [0.717, 1.165) is 109 Å². The van der Waals surface area contributed by atoms with Gasteiger partial charge in [-0.15, -0.1) is 0 Å². The molecule has 1 amide bonds. The van der Waals surface area contributed by atoms with Crippen molar-refractivity contribution in [2.45, 2.75) is 270 Å². The molecule has 0 spiro atoms. The Labute approximate surface area is 434 Å². The smallest absolute Gasteiger partial charge is 0.220 e. The molecule has 0 heterocycles. The van der Waals surface area contributed by atoms with Crippen LogP contribution in [0.4, 0.5) is 0 Å². The first kappa shape index (κ1) is 66.5. The number of allylic oxidation sites excluding steroid dienone is 21. The van der Waals surface area contributed by atoms with E-state index in [1.54, 1.807) is 6.08 Å². The summed E-state index contributed by atoms with van der Waals surface area (Å²) in [4.78, 5) is 12.5. The highest BCUT2D eigenvalue weighted by Gasteiger charge is 2.18. The molecular weight excluding hydrogens is 855 g/mol. The van der Waals surface area contributed by atoms with E-state index in [0.29, 0.717) is 6.42 Å². The third-order valence-electron chi connectivity index (χ3n) is 12.6. The number of nitrogens with one attached hydrogen (secondary N) is 1. The minimum Gasteiger partial charge on any atom is -0.394 e. The zero-order valence-corrected chi connectivity index (χ0v) is 45.7. The number of unbranched alkanes of at least 4 members (excludes halogenated alkanes) is 25. The summed E-state index contributed by atoms with van der Waals surface area (Å²) in [6, 6.07) is -0.647. The van der Waals surface area contributed by atoms with Crippen molar-refractivity contribution in [3.63, 3.8) is 0 Å². The van der Waals surface area contributed by atoms with Crippen molar-refractivity contribution in [2.24, 2.45) is 0 Å². The molecule has 2 unspecified atom stereocenters. The van der Waals surface area contributed by atoms with Gasteiger partial charge in [0.05, 0.1) is 18.8 Å². The molecular formula is C66H111NO3. The van der Waals surface area contributed by atoms with Crippen molar-refractivity contribution < 1.29 is 15.0 Å². The maximum Gasteiger partial charge on any atom is 0.220 e. The van der Waals surface area contributed by atoms with Gasteiger partial charge in [0, 0.05) is 6.42 Å². The van der Waals surface area contributed by atoms with Crippen LogP contribution in [0.2, 0.25) is 0 Å². The van der Waals surface area contributed by atoms with Crippen molar-refractivity contribution in [1.82, 2.24) is 5.32 Å². The van der Waals surface area contributed by atoms with Crippen LogP contribution in [-0.2, 0) is 4.79 Å². The third-order valence-corrected chi connectivity index (χ3v) is 12.6. The lowest BCUT2D eigenvalue weighted by Gasteiger charge is -2.20. The number of amides is 1. The first-order chi connectivity index (χ1) is 34.7. The van der Waals surface area contributed by atoms with Crippen LogP contribution in [0.15, 0.2) is 134 Å². The van der Waals surface area contributed by atoms with E-state index in [-0.39, 0.29) is 12.5 Å². The number of hydrogen-bond acceptors (Lipinski definition) is 3. The molecule has 0 fully saturated rings. The molecule has 0 aliphatic heterocycles. The molecule has 0 radical (unpaired) electrons. The van der Waals surface area contributed by atoms with Gasteiger partial charge < -0.3 is 15.5 Å². The second kappa shape index (κ2) is 59.8. The summed E-state index contributed by atoms with van der Waals surface area (Å²) in [6.07, 6.45) is 93.2. The zero-order valence-electron chi connectivity index (χ0n) is 45.7. The first-order valence-electron chi connectivity index (χ1n) is 29.4. The Morgan fingerprint density at radius 1 is 0.357 bits per heavy atom. The fourth-order valence-electron chi connectivity index (χ4n) is 8.21. The van der Waals surface area contributed by atoms with E-state index in [4.69, 9.17) is 0 Å². The van der Waals surface area contributed by atoms with Crippen LogP contribution in [-0.4, -0.2) is 34.9 Å². The summed E-state index contributed by atoms with van der Waals surface area (Å²) >= 11 is 0. The number of aliphatic hydroxyl groups excluding tert-OH is 2. The Balaban J connectivity index is 3.67. The fourth-order valence-corrected chi connectivity index (χ4v) is 8.21. The minimum absolute atomic E-state index is 0.0920. The Bertz CT molecular complexity index is 1420. The molecule has 4 heteroatoms. The molecule has 0 aromatic rings. The van der Waals surface area contributed by atoms with Gasteiger partial charge >= 0.3 is 0 Å². The minimum atomic E-state index is -0.861. The Morgan fingerprint density at radius 3 is 0.943 bits per heavy atom. The maximum atomic E-state index is 12.5. The van der Waals surface area contributed by atoms with Gasteiger partial charge in [0.2, 0.25) is 5.91 Å². The molecule has 70 heavy (non-hydrogen) atoms. The van der Waals surface area contributed by atoms with E-state index in [1.165, 1.54) is 128 Å². The van der Waals surface area contributed by atoms with Gasteiger partial charge in [-0.1, -0.05) is 289 Å². The van der Waals surface area contributed by atoms with E-state index in [9.17, 15) is 15.0 Å². The molecule has 2 atom stereocenters. The second-order valence-electron chi connectivity index (χ2n) is 19.3. The fraction of sp³-hybridized carbons (Fsp3) is 0.652. The number of rotatable bonds is 52. The van der Waals surface area contributed by atoms with E-state index < -0.39 is 12.1 Å². The number of carbonyl (C=O) groups is 1. The standard InChI is InChI=1S/C66H111NO3/c1-3-5-7-9-11-13-15-17-19-21-23-25-27-28-29-30-31-32-33-34-35-36-37-38-40-42-44-46-48-50-52-54-56-58-60-62-66(70)67-64(63-68)65(69)61-59-57-55-53-51-49-47-45-43-41-39-26-24-22-20-18-16-14-12-10-8-6-4-2/h5,7,11,13,17,19,23,25,28-29,31-32,34-35,37-38,42,44,48,50,59,61,64-65,68-69H,3-4,6,8-10,12,14-16,18,20-22,24,26-27,30,33,36,39-41,43,45-47,49,51-58,60,62-63H2,1-2H3,(H,67,70)/b7-5-,13-11-,19-17-,25-23-,29-28-,32-31-,35-34-,38-37-,44-42-,50-48-,61-59+. The second-order valence-corrected chi connectivity index (χ2v) is 19.3. The number of aliphatic hydroxyl groups is 2. The Hall–Kier alpha value is -3.47. The first-order valence-corrected chi connectivity index (χ1v) is 29.4. The van der Waals surface area contributed by atoms with Crippen molar-refractivity contribution in [2.75, 3.05) is 6.61 Å². The van der Waals surface area contributed by atoms with Crippen LogP contribution in [0.25, 0.3) is 0 Å². The summed E-state index contributed by atoms with van der Waals surface area (Å²) in [6.45, 7) is 4.19. The molecule has 0 saturated heterocycles. The number of hydrogen-bond donors (Lipinski definition) is 3. The van der Waals surface area contributed by atoms with E-state index >= 15 is 0 Å². The largest absolute Gasteiger partial charge is 0.394 e. The van der Waals surface area contributed by atoms with Gasteiger partial charge in [-0.05, 0) is 96.3 Å². The van der Waals surface area contributed by atoms with Crippen molar-refractivity contribution in [1.29, 1.82) is 0 Å². The normalized spacial score (nSPS) is 13.8. The molecule has 0 aliphatic rings. The molecule has 0 bridgehead atoms. The highest BCUT2D eigenvalue weighted by Crippen LogP contribution is 2.16. The molecule has 398 valence electrons. The lowest BCUT2D eigenvalue weighted by Crippen LogP contribution is -2.45. The highest BCUT2D eigenvalue weighted by atomic mass is 16.3. The molecule has 0 rings (SSSR count). The molecule has 4 nitrogen and oxygen atoms in total. The summed E-state index contributed by atoms with van der Waals surface area (Å²) in [5, 5.41) is 23.2. The molecule has 3 N–H and O–H groups in total. The van der Waals surface area contributed by atoms with Gasteiger partial charge in [0.1, 0.15) is 0 Å². The Morgan fingerprint density at radius 2 is 0.629 bits per heavy atom. The van der Waals surface area contributed by atoms with E-state index in [2.05, 4.69) is 141 Å². The number of carbonyl (C=O) groups excluding carboxylic acids is 1. The van der Waals surface area contributed by atoms with Crippen molar-refractivity contribution in [3.05, 3.63) is 134 Å². The van der Waals surface area contributed by atoms with Gasteiger partial charge in [0.25, 0.3) is 0 Å². The van der Waals surface area contributed by atoms with Gasteiger partial charge in [-0.3, -0.25) is 4.79 Å². The SMILES string of the molecule is CC/C=C\C/C=C\C/C=C\C/C=C\C/C=C\C/C=C\C/C=C\C/C=C\C/C=C\C/C=C\CCCCCCC(=O)NC(CO)C(O)/C=C/CCCCCCCCCCCCCCCCCCCCCCC. The average molecular weight is 967 g/mol. The topological polar surface area (TPSA) is 69.6 Å². The van der Waals surface area contributed by atoms with Gasteiger partial charge in [0.15, 0.2) is 0 Å². The van der Waals surface area contributed by atoms with Crippen molar-refractivity contribution >= 4 is 5.91 Å². The molecule has 0 aromatic carbocycles. The zero-order chi connectivity index (χ0) is 50.6. The van der Waals surface area contributed by atoms with Gasteiger partial charge in [-0.2, -0.15) is 0 Å². The van der Waals surface area contributed by atoms with Crippen LogP contribution in [0, 0.1) is 0 Å². The van der Waals surface area contributed by atoms with Crippen LogP contribution < -0.4 is 5.32 Å². The molecule has 0 aliphatic carbocycles. The monoisotopic (exact) mass is 966 g/mol. The Kier molecular flexibility index (Phi) is 56.9. The summed E-state index contributed by atoms with van der Waals surface area (Å²) in [7, 11) is 0.